The molecule has 21 heavy (non-hydrogen) atoms. The molecule has 114 valence electrons. The molecule has 0 saturated carbocycles. The number of carbonyl (C=O) groups is 1. The van der Waals surface area contributed by atoms with Crippen LogP contribution in [0.5, 0.6) is 5.75 Å². The molecular weight excluding hydrogens is 288 g/mol. The fraction of sp³-hybridized carbons (Fsp3) is 0.562. The highest BCUT2D eigenvalue weighted by molar-refractivity contribution is 6.31. The fourth-order valence-corrected chi connectivity index (χ4v) is 3.53. The summed E-state index contributed by atoms with van der Waals surface area (Å²) < 4.78 is 5.59. The molecule has 0 radical (unpaired) electrons. The normalized spacial score (nSPS) is 21.1. The number of hydrogen-bond acceptors (Lipinski definition) is 3. The lowest BCUT2D eigenvalue weighted by Crippen LogP contribution is -2.40. The number of fused-ring (bicyclic) bond motifs is 1. The average Bonchev–Trinajstić information content (AvgIpc) is 3.11. The number of rotatable bonds is 4. The molecule has 0 aliphatic carbocycles. The smallest absolute Gasteiger partial charge is 0.255 e. The molecule has 1 saturated heterocycles. The Morgan fingerprint density at radius 2 is 2.38 bits per heavy atom. The minimum absolute atomic E-state index is 0.0846. The van der Waals surface area contributed by atoms with Crippen molar-refractivity contribution in [2.45, 2.75) is 32.2 Å². The Labute approximate surface area is 130 Å². The van der Waals surface area contributed by atoms with E-state index < -0.39 is 0 Å². The van der Waals surface area contributed by atoms with Gasteiger partial charge >= 0.3 is 0 Å². The number of nitrogens with one attached hydrogen (secondary N) is 1. The van der Waals surface area contributed by atoms with Crippen LogP contribution in [0, 0.1) is 0 Å². The highest BCUT2D eigenvalue weighted by Crippen LogP contribution is 2.32. The maximum absolute atomic E-state index is 12.4. The molecular formula is C16H21ClN2O2. The van der Waals surface area contributed by atoms with Crippen LogP contribution in [0.25, 0.3) is 0 Å². The first-order valence-electron chi connectivity index (χ1n) is 7.66. The van der Waals surface area contributed by atoms with Gasteiger partial charge in [0.2, 0.25) is 0 Å². The third-order valence-electron chi connectivity index (χ3n) is 4.40. The topological polar surface area (TPSA) is 41.6 Å². The lowest BCUT2D eigenvalue weighted by atomic mass is 10.1. The van der Waals surface area contributed by atoms with E-state index in [1.54, 1.807) is 6.07 Å². The second kappa shape index (κ2) is 6.24. The van der Waals surface area contributed by atoms with Crippen molar-refractivity contribution in [1.29, 1.82) is 0 Å². The molecule has 2 aliphatic heterocycles. The van der Waals surface area contributed by atoms with Gasteiger partial charge in [0.15, 0.2) is 0 Å². The summed E-state index contributed by atoms with van der Waals surface area (Å²) in [7, 11) is 0. The average molecular weight is 309 g/mol. The first kappa shape index (κ1) is 14.7. The molecule has 0 spiro atoms. The van der Waals surface area contributed by atoms with Crippen molar-refractivity contribution >= 4 is 17.5 Å². The SMILES string of the molecule is CCN1CCC[C@@H]1CNC(=O)c1cc(Cl)cc2c1OCC2. The van der Waals surface area contributed by atoms with E-state index >= 15 is 0 Å². The summed E-state index contributed by atoms with van der Waals surface area (Å²) in [6.45, 7) is 5.65. The van der Waals surface area contributed by atoms with Crippen LogP contribution in [0.4, 0.5) is 0 Å². The van der Waals surface area contributed by atoms with Crippen molar-refractivity contribution in [1.82, 2.24) is 10.2 Å². The number of likely N-dealkylation sites (N-methyl/N-ethyl adjacent to an activating group) is 1. The first-order chi connectivity index (χ1) is 10.2. The molecule has 5 heteroatoms. The summed E-state index contributed by atoms with van der Waals surface area (Å²) >= 11 is 6.10. The van der Waals surface area contributed by atoms with Gasteiger partial charge in [-0.25, -0.2) is 0 Å². The number of benzene rings is 1. The molecule has 0 unspecified atom stereocenters. The standard InChI is InChI=1S/C16H21ClN2O2/c1-2-19-6-3-4-13(19)10-18-16(20)14-9-12(17)8-11-5-7-21-15(11)14/h8-9,13H,2-7,10H2,1H3,(H,18,20)/t13-/m1/s1. The van der Waals surface area contributed by atoms with Gasteiger partial charge in [-0.15, -0.1) is 0 Å². The highest BCUT2D eigenvalue weighted by atomic mass is 35.5. The van der Waals surface area contributed by atoms with Gasteiger partial charge in [-0.2, -0.15) is 0 Å². The summed E-state index contributed by atoms with van der Waals surface area (Å²) in [5.74, 6) is 0.620. The van der Waals surface area contributed by atoms with E-state index in [1.807, 2.05) is 6.07 Å². The number of halogens is 1. The number of hydrogen-bond donors (Lipinski definition) is 1. The highest BCUT2D eigenvalue weighted by Gasteiger charge is 2.25. The first-order valence-corrected chi connectivity index (χ1v) is 8.04. The zero-order valence-electron chi connectivity index (χ0n) is 12.3. The third-order valence-corrected chi connectivity index (χ3v) is 4.61. The van der Waals surface area contributed by atoms with Crippen molar-refractivity contribution in [2.24, 2.45) is 0 Å². The predicted octanol–water partition coefficient (Wildman–Crippen LogP) is 2.49. The van der Waals surface area contributed by atoms with E-state index in [0.717, 1.165) is 31.5 Å². The van der Waals surface area contributed by atoms with Gasteiger partial charge in [-0.3, -0.25) is 9.69 Å². The second-order valence-corrected chi connectivity index (χ2v) is 6.11. The fourth-order valence-electron chi connectivity index (χ4n) is 3.29. The Hall–Kier alpha value is -1.26. The van der Waals surface area contributed by atoms with Gasteiger partial charge < -0.3 is 10.1 Å². The Bertz CT molecular complexity index is 547. The predicted molar refractivity (Wildman–Crippen MR) is 83.3 cm³/mol. The van der Waals surface area contributed by atoms with Crippen molar-refractivity contribution in [3.63, 3.8) is 0 Å². The van der Waals surface area contributed by atoms with Crippen LogP contribution in [0.15, 0.2) is 12.1 Å². The number of nitrogens with zero attached hydrogens (tertiary/aromatic N) is 1. The van der Waals surface area contributed by atoms with Gasteiger partial charge in [-0.1, -0.05) is 18.5 Å². The van der Waals surface area contributed by atoms with E-state index in [-0.39, 0.29) is 5.91 Å². The Balaban J connectivity index is 1.69. The zero-order chi connectivity index (χ0) is 14.8. The Morgan fingerprint density at radius 3 is 3.19 bits per heavy atom. The lowest BCUT2D eigenvalue weighted by molar-refractivity contribution is 0.0938. The molecule has 0 bridgehead atoms. The van der Waals surface area contributed by atoms with Crippen molar-refractivity contribution in [2.75, 3.05) is 26.2 Å². The Kier molecular flexibility index (Phi) is 4.36. The summed E-state index contributed by atoms with van der Waals surface area (Å²) in [5.41, 5.74) is 1.60. The third kappa shape index (κ3) is 3.01. The summed E-state index contributed by atoms with van der Waals surface area (Å²) in [6, 6.07) is 4.04. The molecule has 1 amide bonds. The van der Waals surface area contributed by atoms with E-state index in [2.05, 4.69) is 17.1 Å². The maximum Gasteiger partial charge on any atom is 0.255 e. The molecule has 1 fully saturated rings. The van der Waals surface area contributed by atoms with Crippen LogP contribution in [-0.4, -0.2) is 43.1 Å². The quantitative estimate of drug-likeness (QED) is 0.929. The number of carbonyl (C=O) groups excluding carboxylic acids is 1. The van der Waals surface area contributed by atoms with E-state index in [1.165, 1.54) is 6.42 Å². The zero-order valence-corrected chi connectivity index (χ0v) is 13.1. The van der Waals surface area contributed by atoms with Crippen LogP contribution >= 0.6 is 11.6 Å². The summed E-state index contributed by atoms with van der Waals surface area (Å²) in [4.78, 5) is 14.9. The van der Waals surface area contributed by atoms with Crippen LogP contribution in [0.3, 0.4) is 0 Å². The molecule has 1 aromatic carbocycles. The molecule has 1 atom stereocenters. The molecule has 2 heterocycles. The van der Waals surface area contributed by atoms with Crippen LogP contribution in [-0.2, 0) is 6.42 Å². The van der Waals surface area contributed by atoms with Gasteiger partial charge in [0, 0.05) is 24.0 Å². The molecule has 4 nitrogen and oxygen atoms in total. The largest absolute Gasteiger partial charge is 0.492 e. The van der Waals surface area contributed by atoms with Crippen LogP contribution in [0.1, 0.15) is 35.7 Å². The molecule has 3 rings (SSSR count). The van der Waals surface area contributed by atoms with Crippen molar-refractivity contribution in [3.8, 4) is 5.75 Å². The number of likely N-dealkylation sites (tertiary alicyclic amines) is 1. The van der Waals surface area contributed by atoms with Crippen molar-refractivity contribution < 1.29 is 9.53 Å². The minimum Gasteiger partial charge on any atom is -0.492 e. The minimum atomic E-state index is -0.0846. The van der Waals surface area contributed by atoms with Crippen LogP contribution in [0.2, 0.25) is 5.02 Å². The second-order valence-electron chi connectivity index (χ2n) is 5.67. The number of amides is 1. The van der Waals surface area contributed by atoms with E-state index in [4.69, 9.17) is 16.3 Å². The van der Waals surface area contributed by atoms with Gasteiger partial charge in [0.25, 0.3) is 5.91 Å². The van der Waals surface area contributed by atoms with Gasteiger partial charge in [-0.05, 0) is 43.6 Å². The van der Waals surface area contributed by atoms with E-state index in [9.17, 15) is 4.79 Å². The maximum atomic E-state index is 12.4. The summed E-state index contributed by atoms with van der Waals surface area (Å²) in [6.07, 6.45) is 3.19. The molecule has 1 N–H and O–H groups in total. The lowest BCUT2D eigenvalue weighted by Gasteiger charge is -2.23. The van der Waals surface area contributed by atoms with Gasteiger partial charge in [0.1, 0.15) is 5.75 Å². The summed E-state index contributed by atoms with van der Waals surface area (Å²) in [5, 5.41) is 3.64. The molecule has 1 aromatic rings. The van der Waals surface area contributed by atoms with Crippen molar-refractivity contribution in [3.05, 3.63) is 28.3 Å². The molecule has 0 aromatic heterocycles. The van der Waals surface area contributed by atoms with E-state index in [0.29, 0.717) is 35.5 Å². The monoisotopic (exact) mass is 308 g/mol. The number of ether oxygens (including phenoxy) is 1. The van der Waals surface area contributed by atoms with Crippen LogP contribution < -0.4 is 10.1 Å². The Morgan fingerprint density at radius 1 is 1.52 bits per heavy atom. The molecule has 2 aliphatic rings. The van der Waals surface area contributed by atoms with Gasteiger partial charge in [0.05, 0.1) is 12.2 Å².